The Labute approximate surface area is 161 Å². The minimum Gasteiger partial charge on any atom is -0.465 e. The van der Waals surface area contributed by atoms with Crippen molar-refractivity contribution >= 4 is 23.4 Å². The monoisotopic (exact) mass is 384 g/mol. The summed E-state index contributed by atoms with van der Waals surface area (Å²) in [5, 5.41) is 26.9. The second kappa shape index (κ2) is 8.52. The number of amides is 1. The topological polar surface area (TPSA) is 123 Å². The van der Waals surface area contributed by atoms with Gasteiger partial charge in [0.1, 0.15) is 6.07 Å². The summed E-state index contributed by atoms with van der Waals surface area (Å²) in [5.74, 6) is -0.242. The Bertz CT molecular complexity index is 882. The smallest absolute Gasteiger partial charge is 0.404 e. The van der Waals surface area contributed by atoms with E-state index in [2.05, 4.69) is 25.9 Å². The number of nitriles is 1. The molecule has 1 amide bonds. The number of anilines is 3. The van der Waals surface area contributed by atoms with Gasteiger partial charge in [0.15, 0.2) is 17.5 Å². The third-order valence-corrected chi connectivity index (χ3v) is 4.64. The van der Waals surface area contributed by atoms with Gasteiger partial charge in [0, 0.05) is 6.20 Å². The molecule has 0 saturated heterocycles. The number of rotatable bonds is 8. The van der Waals surface area contributed by atoms with E-state index in [9.17, 15) is 14.4 Å². The van der Waals surface area contributed by atoms with Gasteiger partial charge in [0.25, 0.3) is 0 Å². The zero-order valence-electron chi connectivity index (χ0n) is 15.3. The molecule has 8 nitrogen and oxygen atoms in total. The average Bonchev–Trinajstić information content (AvgIpc) is 3.52. The summed E-state index contributed by atoms with van der Waals surface area (Å²) >= 11 is 0. The van der Waals surface area contributed by atoms with Gasteiger partial charge in [-0.3, -0.25) is 4.98 Å². The molecular weight excluding hydrogens is 363 g/mol. The highest BCUT2D eigenvalue weighted by molar-refractivity contribution is 5.66. The maximum absolute atomic E-state index is 14.6. The Morgan fingerprint density at radius 2 is 2.25 bits per heavy atom. The third-order valence-electron chi connectivity index (χ3n) is 4.64. The van der Waals surface area contributed by atoms with E-state index in [1.165, 1.54) is 0 Å². The predicted octanol–water partition coefficient (Wildman–Crippen LogP) is 3.47. The number of hydrogen-bond donors (Lipinski definition) is 4. The number of halogens is 1. The first-order valence-corrected chi connectivity index (χ1v) is 9.05. The van der Waals surface area contributed by atoms with Crippen molar-refractivity contribution in [2.45, 2.75) is 38.3 Å². The fraction of sp³-hybridized carbons (Fsp3) is 0.368. The van der Waals surface area contributed by atoms with Crippen molar-refractivity contribution in [2.24, 2.45) is 5.92 Å². The van der Waals surface area contributed by atoms with Crippen LogP contribution in [0.5, 0.6) is 0 Å². The molecule has 0 unspecified atom stereocenters. The van der Waals surface area contributed by atoms with Crippen molar-refractivity contribution in [2.75, 3.05) is 10.6 Å². The van der Waals surface area contributed by atoms with Crippen molar-refractivity contribution < 1.29 is 14.3 Å². The minimum absolute atomic E-state index is 0.0204. The quantitative estimate of drug-likeness (QED) is 0.549. The van der Waals surface area contributed by atoms with Crippen LogP contribution in [0.4, 0.5) is 26.5 Å². The molecule has 0 bridgehead atoms. The number of pyridine rings is 2. The lowest BCUT2D eigenvalue weighted by Gasteiger charge is -2.28. The Kier molecular flexibility index (Phi) is 5.89. The number of hydrogen-bond acceptors (Lipinski definition) is 6. The predicted molar refractivity (Wildman–Crippen MR) is 102 cm³/mol. The van der Waals surface area contributed by atoms with Crippen LogP contribution in [-0.2, 0) is 0 Å². The van der Waals surface area contributed by atoms with Gasteiger partial charge < -0.3 is 21.1 Å². The lowest BCUT2D eigenvalue weighted by atomic mass is 10.0. The van der Waals surface area contributed by atoms with Gasteiger partial charge >= 0.3 is 6.09 Å². The summed E-state index contributed by atoms with van der Waals surface area (Å²) in [4.78, 5) is 19.3. The molecule has 2 atom stereocenters. The molecule has 9 heteroatoms. The van der Waals surface area contributed by atoms with E-state index >= 15 is 0 Å². The van der Waals surface area contributed by atoms with Crippen LogP contribution in [0.3, 0.4) is 0 Å². The number of nitrogens with zero attached hydrogens (tertiary/aromatic N) is 3. The van der Waals surface area contributed by atoms with Crippen LogP contribution >= 0.6 is 0 Å². The molecule has 0 spiro atoms. The molecular formula is C19H21FN6O2. The molecule has 1 saturated carbocycles. The van der Waals surface area contributed by atoms with Crippen molar-refractivity contribution in [3.8, 4) is 6.07 Å². The van der Waals surface area contributed by atoms with Crippen LogP contribution in [0.1, 0.15) is 31.7 Å². The lowest BCUT2D eigenvalue weighted by molar-refractivity contribution is 0.187. The lowest BCUT2D eigenvalue weighted by Crippen LogP contribution is -2.47. The maximum Gasteiger partial charge on any atom is 0.404 e. The summed E-state index contributed by atoms with van der Waals surface area (Å²) in [5.41, 5.74) is 0.673. The molecule has 2 aromatic rings. The van der Waals surface area contributed by atoms with Crippen LogP contribution < -0.4 is 16.0 Å². The number of carboxylic acid groups (broad SMARTS) is 1. The van der Waals surface area contributed by atoms with Gasteiger partial charge in [-0.15, -0.1) is 0 Å². The molecule has 3 rings (SSSR count). The van der Waals surface area contributed by atoms with Gasteiger partial charge in [0.2, 0.25) is 0 Å². The number of nitrogens with one attached hydrogen (secondary N) is 3. The molecule has 1 aliphatic carbocycles. The molecule has 4 N–H and O–H groups in total. The Morgan fingerprint density at radius 3 is 2.82 bits per heavy atom. The standard InChI is InChI=1S/C19H21FN6O2/c1-2-15(24-19(27)28)16(11-5-6-11)25-18-14(20)8-12(9-21)17(26-18)23-13-4-3-7-22-10-13/h3-4,7-8,10-11,15-16,24H,2,5-6H2,1H3,(H,27,28)(H2,23,25,26)/t15-,16-/m0/s1. The molecule has 2 aromatic heterocycles. The van der Waals surface area contributed by atoms with Gasteiger partial charge in [-0.1, -0.05) is 6.92 Å². The molecule has 0 aromatic carbocycles. The third kappa shape index (κ3) is 4.65. The largest absolute Gasteiger partial charge is 0.465 e. The fourth-order valence-corrected chi connectivity index (χ4v) is 3.11. The summed E-state index contributed by atoms with van der Waals surface area (Å²) in [6, 6.07) is 5.85. The highest BCUT2D eigenvalue weighted by Crippen LogP contribution is 2.37. The average molecular weight is 384 g/mol. The Balaban J connectivity index is 1.88. The van der Waals surface area contributed by atoms with Crippen molar-refractivity contribution in [3.05, 3.63) is 42.0 Å². The molecule has 1 aliphatic rings. The van der Waals surface area contributed by atoms with Crippen LogP contribution in [-0.4, -0.2) is 33.3 Å². The second-order valence-electron chi connectivity index (χ2n) is 6.67. The SMILES string of the molecule is CC[C@H](NC(=O)O)[C@@H](Nc1nc(Nc2cccnc2)c(C#N)cc1F)C1CC1. The first-order chi connectivity index (χ1) is 13.5. The van der Waals surface area contributed by atoms with E-state index in [0.29, 0.717) is 12.1 Å². The van der Waals surface area contributed by atoms with Gasteiger partial charge in [0.05, 0.1) is 29.5 Å². The van der Waals surface area contributed by atoms with Crippen molar-refractivity contribution in [1.29, 1.82) is 5.26 Å². The molecule has 0 aliphatic heterocycles. The van der Waals surface area contributed by atoms with Gasteiger partial charge in [-0.2, -0.15) is 5.26 Å². The van der Waals surface area contributed by atoms with E-state index < -0.39 is 11.9 Å². The number of carbonyl (C=O) groups is 1. The minimum atomic E-state index is -1.12. The molecule has 2 heterocycles. The van der Waals surface area contributed by atoms with E-state index in [0.717, 1.165) is 18.9 Å². The summed E-state index contributed by atoms with van der Waals surface area (Å²) in [7, 11) is 0. The highest BCUT2D eigenvalue weighted by Gasteiger charge is 2.37. The molecule has 1 fully saturated rings. The van der Waals surface area contributed by atoms with E-state index in [1.807, 2.05) is 13.0 Å². The normalized spacial score (nSPS) is 15.2. The molecule has 0 radical (unpaired) electrons. The zero-order valence-corrected chi connectivity index (χ0v) is 15.3. The Hall–Kier alpha value is -3.41. The first kappa shape index (κ1) is 19.4. The first-order valence-electron chi connectivity index (χ1n) is 9.05. The van der Waals surface area contributed by atoms with Crippen LogP contribution in [0.15, 0.2) is 30.6 Å². The molecule has 146 valence electrons. The van der Waals surface area contributed by atoms with Crippen molar-refractivity contribution in [3.63, 3.8) is 0 Å². The van der Waals surface area contributed by atoms with Crippen LogP contribution in [0.25, 0.3) is 0 Å². The summed E-state index contributed by atoms with van der Waals surface area (Å²) in [6.07, 6.45) is 4.49. The molecule has 28 heavy (non-hydrogen) atoms. The van der Waals surface area contributed by atoms with Gasteiger partial charge in [-0.25, -0.2) is 14.2 Å². The summed E-state index contributed by atoms with van der Waals surface area (Å²) < 4.78 is 14.6. The second-order valence-corrected chi connectivity index (χ2v) is 6.67. The van der Waals surface area contributed by atoms with E-state index in [-0.39, 0.29) is 35.2 Å². The summed E-state index contributed by atoms with van der Waals surface area (Å²) in [6.45, 7) is 1.87. The Morgan fingerprint density at radius 1 is 1.46 bits per heavy atom. The van der Waals surface area contributed by atoms with Crippen LogP contribution in [0, 0.1) is 23.1 Å². The number of aromatic nitrogens is 2. The van der Waals surface area contributed by atoms with E-state index in [1.54, 1.807) is 24.5 Å². The fourth-order valence-electron chi connectivity index (χ4n) is 3.11. The van der Waals surface area contributed by atoms with Crippen LogP contribution in [0.2, 0.25) is 0 Å². The zero-order chi connectivity index (χ0) is 20.1. The highest BCUT2D eigenvalue weighted by atomic mass is 19.1. The van der Waals surface area contributed by atoms with E-state index in [4.69, 9.17) is 5.11 Å². The van der Waals surface area contributed by atoms with Gasteiger partial charge in [-0.05, 0) is 43.4 Å². The van der Waals surface area contributed by atoms with Crippen molar-refractivity contribution in [1.82, 2.24) is 15.3 Å². The maximum atomic E-state index is 14.6.